The highest BCUT2D eigenvalue weighted by Gasteiger charge is 2.47. The van der Waals surface area contributed by atoms with Crippen molar-refractivity contribution >= 4 is 11.9 Å². The van der Waals surface area contributed by atoms with Gasteiger partial charge in [0.25, 0.3) is 0 Å². The summed E-state index contributed by atoms with van der Waals surface area (Å²) in [5.74, 6) is -3.02. The van der Waals surface area contributed by atoms with Crippen LogP contribution in [-0.2, 0) is 10.2 Å². The molecule has 1 saturated carbocycles. The Balaban J connectivity index is 2.58. The Morgan fingerprint density at radius 2 is 1.88 bits per heavy atom. The number of carboxylic acids is 2. The Labute approximate surface area is 96.7 Å². The van der Waals surface area contributed by atoms with Gasteiger partial charge in [-0.15, -0.1) is 0 Å². The molecule has 0 aromatic heterocycles. The number of hydrogen-bond acceptors (Lipinski definition) is 2. The van der Waals surface area contributed by atoms with E-state index >= 15 is 0 Å². The van der Waals surface area contributed by atoms with Gasteiger partial charge in [-0.05, 0) is 30.5 Å². The molecular formula is C12H11FO4. The van der Waals surface area contributed by atoms with Crippen LogP contribution in [0.5, 0.6) is 0 Å². The number of aromatic carboxylic acids is 1. The van der Waals surface area contributed by atoms with E-state index in [1.165, 1.54) is 6.07 Å². The lowest BCUT2D eigenvalue weighted by Gasteiger charge is -2.38. The van der Waals surface area contributed by atoms with E-state index in [0.717, 1.165) is 18.6 Å². The van der Waals surface area contributed by atoms with Gasteiger partial charge in [-0.3, -0.25) is 4.79 Å². The SMILES string of the molecule is O=C(O)c1cc(F)ccc1C1(C(=O)O)CCC1. The average Bonchev–Trinajstić information content (AvgIpc) is 2.17. The normalized spacial score (nSPS) is 17.2. The van der Waals surface area contributed by atoms with Crippen LogP contribution < -0.4 is 0 Å². The van der Waals surface area contributed by atoms with Crippen LogP contribution in [0.1, 0.15) is 35.2 Å². The Bertz CT molecular complexity index is 491. The summed E-state index contributed by atoms with van der Waals surface area (Å²) in [6.45, 7) is 0. The van der Waals surface area contributed by atoms with Crippen LogP contribution in [0.25, 0.3) is 0 Å². The van der Waals surface area contributed by atoms with Crippen LogP contribution in [0.2, 0.25) is 0 Å². The highest BCUT2D eigenvalue weighted by Crippen LogP contribution is 2.45. The molecule has 0 spiro atoms. The maximum Gasteiger partial charge on any atom is 0.336 e. The molecule has 1 aliphatic rings. The molecule has 1 aromatic rings. The van der Waals surface area contributed by atoms with Crippen LogP contribution in [0.3, 0.4) is 0 Å². The van der Waals surface area contributed by atoms with Crippen LogP contribution >= 0.6 is 0 Å². The van der Waals surface area contributed by atoms with Gasteiger partial charge in [0.05, 0.1) is 11.0 Å². The maximum absolute atomic E-state index is 13.0. The Morgan fingerprint density at radius 3 is 2.29 bits per heavy atom. The fourth-order valence-electron chi connectivity index (χ4n) is 2.24. The molecule has 0 amide bonds. The van der Waals surface area contributed by atoms with Gasteiger partial charge < -0.3 is 10.2 Å². The molecule has 0 heterocycles. The second-order valence-electron chi connectivity index (χ2n) is 4.24. The molecule has 0 atom stereocenters. The summed E-state index contributed by atoms with van der Waals surface area (Å²) in [4.78, 5) is 22.3. The summed E-state index contributed by atoms with van der Waals surface area (Å²) in [5.41, 5.74) is -1.21. The topological polar surface area (TPSA) is 74.6 Å². The number of benzene rings is 1. The number of carbonyl (C=O) groups is 2. The van der Waals surface area contributed by atoms with E-state index in [4.69, 9.17) is 5.11 Å². The van der Waals surface area contributed by atoms with Crippen molar-refractivity contribution in [2.75, 3.05) is 0 Å². The van der Waals surface area contributed by atoms with Gasteiger partial charge >= 0.3 is 11.9 Å². The van der Waals surface area contributed by atoms with Crippen molar-refractivity contribution in [3.8, 4) is 0 Å². The molecule has 5 heteroatoms. The second kappa shape index (κ2) is 3.84. The van der Waals surface area contributed by atoms with Crippen LogP contribution in [-0.4, -0.2) is 22.2 Å². The molecule has 90 valence electrons. The molecule has 0 unspecified atom stereocenters. The van der Waals surface area contributed by atoms with Crippen molar-refractivity contribution < 1.29 is 24.2 Å². The number of rotatable bonds is 3. The highest BCUT2D eigenvalue weighted by molar-refractivity contribution is 5.94. The van der Waals surface area contributed by atoms with Crippen molar-refractivity contribution in [3.05, 3.63) is 35.1 Å². The molecule has 2 N–H and O–H groups in total. The maximum atomic E-state index is 13.0. The monoisotopic (exact) mass is 238 g/mol. The van der Waals surface area contributed by atoms with E-state index in [2.05, 4.69) is 0 Å². The number of carboxylic acid groups (broad SMARTS) is 2. The Hall–Kier alpha value is -1.91. The van der Waals surface area contributed by atoms with E-state index in [-0.39, 0.29) is 11.1 Å². The molecule has 17 heavy (non-hydrogen) atoms. The van der Waals surface area contributed by atoms with Gasteiger partial charge in [0.1, 0.15) is 5.82 Å². The minimum Gasteiger partial charge on any atom is -0.481 e. The first-order valence-corrected chi connectivity index (χ1v) is 5.24. The minimum absolute atomic E-state index is 0.199. The zero-order chi connectivity index (χ0) is 12.6. The summed E-state index contributed by atoms with van der Waals surface area (Å²) in [5, 5.41) is 18.2. The van der Waals surface area contributed by atoms with Crippen molar-refractivity contribution in [2.45, 2.75) is 24.7 Å². The largest absolute Gasteiger partial charge is 0.481 e. The first-order valence-electron chi connectivity index (χ1n) is 5.24. The van der Waals surface area contributed by atoms with Crippen molar-refractivity contribution in [1.29, 1.82) is 0 Å². The predicted octanol–water partition coefficient (Wildman–Crippen LogP) is 2.03. The second-order valence-corrected chi connectivity index (χ2v) is 4.24. The predicted molar refractivity (Wildman–Crippen MR) is 56.5 cm³/mol. The number of aliphatic carboxylic acids is 1. The van der Waals surface area contributed by atoms with Crippen molar-refractivity contribution in [2.24, 2.45) is 0 Å². The quantitative estimate of drug-likeness (QED) is 0.844. The summed E-state index contributed by atoms with van der Waals surface area (Å²) in [7, 11) is 0. The summed E-state index contributed by atoms with van der Waals surface area (Å²) in [6, 6.07) is 3.25. The minimum atomic E-state index is -1.30. The van der Waals surface area contributed by atoms with Crippen LogP contribution in [0, 0.1) is 5.82 Å². The molecule has 1 fully saturated rings. The molecule has 2 rings (SSSR count). The van der Waals surface area contributed by atoms with Crippen LogP contribution in [0.15, 0.2) is 18.2 Å². The van der Waals surface area contributed by atoms with Gasteiger partial charge in [0.2, 0.25) is 0 Å². The van der Waals surface area contributed by atoms with E-state index in [1.807, 2.05) is 0 Å². The van der Waals surface area contributed by atoms with E-state index in [9.17, 15) is 19.1 Å². The van der Waals surface area contributed by atoms with Crippen LogP contribution in [0.4, 0.5) is 4.39 Å². The lowest BCUT2D eigenvalue weighted by molar-refractivity contribution is -0.147. The number of hydrogen-bond donors (Lipinski definition) is 2. The average molecular weight is 238 g/mol. The molecule has 4 nitrogen and oxygen atoms in total. The number of halogens is 1. The molecule has 0 bridgehead atoms. The Kier molecular flexibility index (Phi) is 2.61. The third kappa shape index (κ3) is 1.67. The molecule has 1 aromatic carbocycles. The van der Waals surface area contributed by atoms with Gasteiger partial charge in [0.15, 0.2) is 0 Å². The fraction of sp³-hybridized carbons (Fsp3) is 0.333. The summed E-state index contributed by atoms with van der Waals surface area (Å²) < 4.78 is 13.0. The lowest BCUT2D eigenvalue weighted by Crippen LogP contribution is -2.43. The van der Waals surface area contributed by atoms with Crippen molar-refractivity contribution in [1.82, 2.24) is 0 Å². The van der Waals surface area contributed by atoms with E-state index < -0.39 is 23.2 Å². The third-order valence-electron chi connectivity index (χ3n) is 3.34. The standard InChI is InChI=1S/C12H11FO4/c13-7-2-3-9(8(6-7)10(14)15)12(11(16)17)4-1-5-12/h2-3,6H,1,4-5H2,(H,14,15)(H,16,17). The Morgan fingerprint density at radius 1 is 1.24 bits per heavy atom. The van der Waals surface area contributed by atoms with Gasteiger partial charge in [-0.1, -0.05) is 12.5 Å². The molecule has 0 saturated heterocycles. The van der Waals surface area contributed by atoms with Gasteiger partial charge in [-0.2, -0.15) is 0 Å². The van der Waals surface area contributed by atoms with E-state index in [1.54, 1.807) is 0 Å². The zero-order valence-electron chi connectivity index (χ0n) is 8.94. The molecule has 1 aliphatic carbocycles. The molecule has 0 radical (unpaired) electrons. The van der Waals surface area contributed by atoms with Gasteiger partial charge in [-0.25, -0.2) is 9.18 Å². The molecule has 0 aliphatic heterocycles. The first kappa shape index (κ1) is 11.6. The lowest BCUT2D eigenvalue weighted by atomic mass is 9.63. The van der Waals surface area contributed by atoms with Crippen molar-refractivity contribution in [3.63, 3.8) is 0 Å². The third-order valence-corrected chi connectivity index (χ3v) is 3.34. The summed E-state index contributed by atoms with van der Waals surface area (Å²) >= 11 is 0. The zero-order valence-corrected chi connectivity index (χ0v) is 8.94. The summed E-state index contributed by atoms with van der Waals surface area (Å²) in [6.07, 6.45) is 1.53. The highest BCUT2D eigenvalue weighted by atomic mass is 19.1. The molecular weight excluding hydrogens is 227 g/mol. The van der Waals surface area contributed by atoms with Gasteiger partial charge in [0, 0.05) is 0 Å². The smallest absolute Gasteiger partial charge is 0.336 e. The fourth-order valence-corrected chi connectivity index (χ4v) is 2.24. The first-order chi connectivity index (χ1) is 7.97. The van der Waals surface area contributed by atoms with E-state index in [0.29, 0.717) is 12.8 Å².